The number of nitrogens with zero attached hydrogens (tertiary/aromatic N) is 1. The summed E-state index contributed by atoms with van der Waals surface area (Å²) >= 11 is 0. The maximum atomic E-state index is 11.4. The molecule has 0 saturated carbocycles. The molecule has 3 heteroatoms. The van der Waals surface area contributed by atoms with Crippen LogP contribution in [0.5, 0.6) is 0 Å². The van der Waals surface area contributed by atoms with E-state index in [0.29, 0.717) is 6.42 Å². The van der Waals surface area contributed by atoms with Gasteiger partial charge in [-0.2, -0.15) is 0 Å². The average Bonchev–Trinajstić information content (AvgIpc) is 2.76. The first kappa shape index (κ1) is 12.0. The van der Waals surface area contributed by atoms with Crippen molar-refractivity contribution in [3.05, 3.63) is 18.4 Å². The molecule has 0 fully saturated rings. The number of carbonyl (C=O) groups excluding carboxylic acids is 1. The Morgan fingerprint density at radius 1 is 1.27 bits per heavy atom. The van der Waals surface area contributed by atoms with Gasteiger partial charge in [-0.3, -0.25) is 4.79 Å². The minimum absolute atomic E-state index is 0.0236. The largest absolute Gasteiger partial charge is 0.442 e. The number of oxazole rings is 1. The molecule has 0 radical (unpaired) electrons. The molecule has 0 saturated heterocycles. The molecule has 0 aliphatic rings. The smallest absolute Gasteiger partial charge is 0.263 e. The van der Waals surface area contributed by atoms with Crippen LogP contribution in [0.4, 0.5) is 0 Å². The van der Waals surface area contributed by atoms with Crippen LogP contribution in [0.3, 0.4) is 0 Å². The normalized spacial score (nSPS) is 10.5. The second-order valence-corrected chi connectivity index (χ2v) is 3.78. The van der Waals surface area contributed by atoms with E-state index in [1.807, 2.05) is 0 Å². The molecule has 0 aliphatic carbocycles. The van der Waals surface area contributed by atoms with E-state index in [1.165, 1.54) is 38.1 Å². The van der Waals surface area contributed by atoms with E-state index in [9.17, 15) is 4.79 Å². The van der Waals surface area contributed by atoms with Crippen LogP contribution in [0.25, 0.3) is 0 Å². The van der Waals surface area contributed by atoms with Crippen LogP contribution in [0.2, 0.25) is 0 Å². The number of unbranched alkanes of at least 4 members (excludes halogenated alkanes) is 5. The van der Waals surface area contributed by atoms with Crippen molar-refractivity contribution in [2.75, 3.05) is 0 Å². The summed E-state index contributed by atoms with van der Waals surface area (Å²) < 4.78 is 4.93. The van der Waals surface area contributed by atoms with Crippen LogP contribution < -0.4 is 0 Å². The van der Waals surface area contributed by atoms with Crippen molar-refractivity contribution in [2.24, 2.45) is 0 Å². The minimum atomic E-state index is 0.0236. The number of hydrogen-bond donors (Lipinski definition) is 0. The zero-order valence-electron chi connectivity index (χ0n) is 9.37. The molecule has 1 aromatic rings. The molecule has 0 spiro atoms. The molecule has 0 unspecified atom stereocenters. The highest BCUT2D eigenvalue weighted by molar-refractivity contribution is 5.91. The molecule has 84 valence electrons. The molecule has 0 bridgehead atoms. The summed E-state index contributed by atoms with van der Waals surface area (Å²) in [4.78, 5) is 15.3. The number of Topliss-reactive ketones (excluding diaryl/α,β-unsaturated/α-hetero) is 1. The van der Waals surface area contributed by atoms with Crippen molar-refractivity contribution < 1.29 is 9.21 Å². The molecule has 1 aromatic heterocycles. The summed E-state index contributed by atoms with van der Waals surface area (Å²) in [7, 11) is 0. The van der Waals surface area contributed by atoms with Gasteiger partial charge in [0.05, 0.1) is 6.20 Å². The van der Waals surface area contributed by atoms with E-state index in [0.717, 1.165) is 12.8 Å². The Hall–Kier alpha value is -1.12. The van der Waals surface area contributed by atoms with Gasteiger partial charge in [-0.15, -0.1) is 0 Å². The first-order valence-electron chi connectivity index (χ1n) is 5.77. The SMILES string of the molecule is CCCCCCCCC(=O)c1ncco1. The van der Waals surface area contributed by atoms with Gasteiger partial charge in [-0.05, 0) is 6.42 Å². The van der Waals surface area contributed by atoms with E-state index < -0.39 is 0 Å². The quantitative estimate of drug-likeness (QED) is 0.485. The van der Waals surface area contributed by atoms with Crippen molar-refractivity contribution in [3.63, 3.8) is 0 Å². The van der Waals surface area contributed by atoms with Gasteiger partial charge >= 0.3 is 0 Å². The van der Waals surface area contributed by atoms with Gasteiger partial charge in [-0.1, -0.05) is 39.0 Å². The molecular weight excluding hydrogens is 190 g/mol. The van der Waals surface area contributed by atoms with Crippen LogP contribution in [-0.4, -0.2) is 10.8 Å². The lowest BCUT2D eigenvalue weighted by molar-refractivity contribution is 0.0945. The average molecular weight is 209 g/mol. The number of aromatic nitrogens is 1. The molecule has 0 N–H and O–H groups in total. The summed E-state index contributed by atoms with van der Waals surface area (Å²) in [6, 6.07) is 0. The second-order valence-electron chi connectivity index (χ2n) is 3.78. The fraction of sp³-hybridized carbons (Fsp3) is 0.667. The molecule has 1 heterocycles. The molecule has 15 heavy (non-hydrogen) atoms. The molecule has 1 rings (SSSR count). The van der Waals surface area contributed by atoms with Gasteiger partial charge in [-0.25, -0.2) is 4.98 Å². The lowest BCUT2D eigenvalue weighted by atomic mass is 10.1. The fourth-order valence-electron chi connectivity index (χ4n) is 1.53. The zero-order chi connectivity index (χ0) is 10.9. The molecular formula is C12H19NO2. The van der Waals surface area contributed by atoms with E-state index in [4.69, 9.17) is 4.42 Å². The van der Waals surface area contributed by atoms with Crippen LogP contribution in [0.1, 0.15) is 62.6 Å². The number of rotatable bonds is 8. The molecule has 0 atom stereocenters. The monoisotopic (exact) mass is 209 g/mol. The third-order valence-electron chi connectivity index (χ3n) is 2.43. The maximum Gasteiger partial charge on any atom is 0.263 e. The first-order valence-corrected chi connectivity index (χ1v) is 5.77. The van der Waals surface area contributed by atoms with E-state index in [2.05, 4.69) is 11.9 Å². The van der Waals surface area contributed by atoms with Crippen molar-refractivity contribution >= 4 is 5.78 Å². The van der Waals surface area contributed by atoms with Crippen molar-refractivity contribution in [3.8, 4) is 0 Å². The van der Waals surface area contributed by atoms with Gasteiger partial charge in [0.25, 0.3) is 5.89 Å². The number of carbonyl (C=O) groups is 1. The summed E-state index contributed by atoms with van der Waals surface area (Å²) in [5.74, 6) is 0.277. The lowest BCUT2D eigenvalue weighted by Crippen LogP contribution is -1.98. The minimum Gasteiger partial charge on any atom is -0.442 e. The Bertz CT molecular complexity index is 267. The van der Waals surface area contributed by atoms with E-state index in [1.54, 1.807) is 0 Å². The van der Waals surface area contributed by atoms with Crippen molar-refractivity contribution in [1.82, 2.24) is 4.98 Å². The third kappa shape index (κ3) is 4.77. The van der Waals surface area contributed by atoms with E-state index >= 15 is 0 Å². The highest BCUT2D eigenvalue weighted by Crippen LogP contribution is 2.09. The van der Waals surface area contributed by atoms with Gasteiger partial charge in [0.15, 0.2) is 0 Å². The summed E-state index contributed by atoms with van der Waals surface area (Å²) in [6.45, 7) is 2.20. The Morgan fingerprint density at radius 3 is 2.67 bits per heavy atom. The standard InChI is InChI=1S/C12H19NO2/c1-2-3-4-5-6-7-8-11(14)12-13-9-10-15-12/h9-10H,2-8H2,1H3. The predicted molar refractivity (Wildman–Crippen MR) is 58.8 cm³/mol. The first-order chi connectivity index (χ1) is 7.34. The van der Waals surface area contributed by atoms with Gasteiger partial charge in [0.1, 0.15) is 6.26 Å². The second kappa shape index (κ2) is 7.21. The van der Waals surface area contributed by atoms with Crippen LogP contribution >= 0.6 is 0 Å². The lowest BCUT2D eigenvalue weighted by Gasteiger charge is -1.98. The Labute approximate surface area is 90.9 Å². The van der Waals surface area contributed by atoms with Crippen molar-refractivity contribution in [1.29, 1.82) is 0 Å². The topological polar surface area (TPSA) is 43.1 Å². The number of hydrogen-bond acceptors (Lipinski definition) is 3. The zero-order valence-corrected chi connectivity index (χ0v) is 9.37. The molecule has 0 amide bonds. The van der Waals surface area contributed by atoms with Crippen LogP contribution in [0.15, 0.2) is 16.9 Å². The third-order valence-corrected chi connectivity index (χ3v) is 2.43. The van der Waals surface area contributed by atoms with E-state index in [-0.39, 0.29) is 11.7 Å². The fourth-order valence-corrected chi connectivity index (χ4v) is 1.53. The predicted octanol–water partition coefficient (Wildman–Crippen LogP) is 3.61. The Morgan fingerprint density at radius 2 is 2.00 bits per heavy atom. The summed E-state index contributed by atoms with van der Waals surface area (Å²) in [5.41, 5.74) is 0. The highest BCUT2D eigenvalue weighted by Gasteiger charge is 2.09. The molecule has 0 aromatic carbocycles. The van der Waals surface area contributed by atoms with Crippen LogP contribution in [0, 0.1) is 0 Å². The molecule has 0 aliphatic heterocycles. The summed E-state index contributed by atoms with van der Waals surface area (Å²) in [6.07, 6.45) is 10.7. The van der Waals surface area contributed by atoms with Crippen molar-refractivity contribution in [2.45, 2.75) is 51.9 Å². The Kier molecular flexibility index (Phi) is 5.74. The number of ketones is 1. The van der Waals surface area contributed by atoms with Crippen LogP contribution in [-0.2, 0) is 0 Å². The summed E-state index contributed by atoms with van der Waals surface area (Å²) in [5, 5.41) is 0. The highest BCUT2D eigenvalue weighted by atomic mass is 16.3. The Balaban J connectivity index is 2.03. The maximum absolute atomic E-state index is 11.4. The van der Waals surface area contributed by atoms with Gasteiger partial charge in [0.2, 0.25) is 5.78 Å². The van der Waals surface area contributed by atoms with Gasteiger partial charge in [0, 0.05) is 6.42 Å². The molecule has 3 nitrogen and oxygen atoms in total. The van der Waals surface area contributed by atoms with Gasteiger partial charge < -0.3 is 4.42 Å².